The highest BCUT2D eigenvalue weighted by Crippen LogP contribution is 2.27. The summed E-state index contributed by atoms with van der Waals surface area (Å²) in [5.41, 5.74) is 4.25. The fourth-order valence-electron chi connectivity index (χ4n) is 2.81. The number of amides is 1. The Morgan fingerprint density at radius 2 is 2.09 bits per heavy atom. The van der Waals surface area contributed by atoms with Crippen molar-refractivity contribution in [2.75, 3.05) is 6.54 Å². The molecule has 4 heteroatoms. The number of carbonyl (C=O) groups is 1. The normalized spacial score (nSPS) is 13.3. The van der Waals surface area contributed by atoms with E-state index in [4.69, 9.17) is 16.3 Å². The van der Waals surface area contributed by atoms with Gasteiger partial charge in [0, 0.05) is 18.1 Å². The molecule has 1 amide bonds. The average molecular weight is 328 g/mol. The van der Waals surface area contributed by atoms with E-state index in [1.807, 2.05) is 42.5 Å². The van der Waals surface area contributed by atoms with Crippen molar-refractivity contribution >= 4 is 23.8 Å². The van der Waals surface area contributed by atoms with Gasteiger partial charge in [0.1, 0.15) is 6.61 Å². The average Bonchev–Trinajstić information content (AvgIpc) is 2.59. The molecule has 0 saturated heterocycles. The Balaban J connectivity index is 1.69. The van der Waals surface area contributed by atoms with Crippen LogP contribution in [0.1, 0.15) is 22.3 Å². The third-order valence-corrected chi connectivity index (χ3v) is 4.24. The molecule has 1 aliphatic heterocycles. The molecule has 2 aromatic rings. The molecule has 3 rings (SSSR count). The van der Waals surface area contributed by atoms with Gasteiger partial charge in [0.05, 0.1) is 0 Å². The zero-order valence-electron chi connectivity index (χ0n) is 12.8. The summed E-state index contributed by atoms with van der Waals surface area (Å²) in [7, 11) is 0. The minimum atomic E-state index is -0.288. The zero-order valence-corrected chi connectivity index (χ0v) is 13.6. The van der Waals surface area contributed by atoms with Crippen LogP contribution >= 0.6 is 11.6 Å². The van der Waals surface area contributed by atoms with Crippen LogP contribution in [0.3, 0.4) is 0 Å². The van der Waals surface area contributed by atoms with E-state index < -0.39 is 0 Å². The fraction of sp³-hybridized carbons (Fsp3) is 0.211. The third-order valence-electron chi connectivity index (χ3n) is 4.02. The number of fused-ring (bicyclic) bond motifs is 1. The second kappa shape index (κ2) is 6.88. The number of hydrogen-bond acceptors (Lipinski definition) is 2. The Hall–Kier alpha value is -2.26. The predicted molar refractivity (Wildman–Crippen MR) is 92.3 cm³/mol. The van der Waals surface area contributed by atoms with Crippen LogP contribution in [-0.4, -0.2) is 17.5 Å². The molecule has 23 heavy (non-hydrogen) atoms. The van der Waals surface area contributed by atoms with Crippen molar-refractivity contribution in [3.8, 4) is 0 Å². The third kappa shape index (κ3) is 3.57. The van der Waals surface area contributed by atoms with Crippen LogP contribution in [0.4, 0.5) is 4.79 Å². The molecule has 0 bridgehead atoms. The molecule has 0 unspecified atom stereocenters. The Labute approximate surface area is 141 Å². The zero-order chi connectivity index (χ0) is 16.2. The quantitative estimate of drug-likeness (QED) is 0.819. The summed E-state index contributed by atoms with van der Waals surface area (Å²) >= 11 is 6.12. The first-order valence-electron chi connectivity index (χ1n) is 7.56. The van der Waals surface area contributed by atoms with Crippen LogP contribution in [-0.2, 0) is 24.3 Å². The smallest absolute Gasteiger partial charge is 0.410 e. The van der Waals surface area contributed by atoms with E-state index in [0.29, 0.717) is 18.1 Å². The van der Waals surface area contributed by atoms with Crippen molar-refractivity contribution < 1.29 is 9.53 Å². The monoisotopic (exact) mass is 327 g/mol. The van der Waals surface area contributed by atoms with Gasteiger partial charge in [-0.25, -0.2) is 4.79 Å². The van der Waals surface area contributed by atoms with Gasteiger partial charge in [0.15, 0.2) is 0 Å². The molecule has 118 valence electrons. The van der Waals surface area contributed by atoms with Crippen molar-refractivity contribution in [2.45, 2.75) is 19.6 Å². The van der Waals surface area contributed by atoms with Gasteiger partial charge in [-0.3, -0.25) is 0 Å². The number of benzene rings is 2. The van der Waals surface area contributed by atoms with Crippen molar-refractivity contribution in [1.82, 2.24) is 4.90 Å². The number of nitrogens with zero attached hydrogens (tertiary/aromatic N) is 1. The van der Waals surface area contributed by atoms with Gasteiger partial charge in [-0.1, -0.05) is 54.6 Å². The summed E-state index contributed by atoms with van der Waals surface area (Å²) in [5.74, 6) is 0. The lowest BCUT2D eigenvalue weighted by Gasteiger charge is -2.29. The lowest BCUT2D eigenvalue weighted by Crippen LogP contribution is -2.36. The lowest BCUT2D eigenvalue weighted by atomic mass is 9.95. The van der Waals surface area contributed by atoms with Crippen LogP contribution in [0.5, 0.6) is 0 Å². The summed E-state index contributed by atoms with van der Waals surface area (Å²) in [4.78, 5) is 14.0. The summed E-state index contributed by atoms with van der Waals surface area (Å²) in [6, 6.07) is 13.5. The van der Waals surface area contributed by atoms with Gasteiger partial charge < -0.3 is 9.64 Å². The van der Waals surface area contributed by atoms with Gasteiger partial charge >= 0.3 is 6.09 Å². The van der Waals surface area contributed by atoms with E-state index in [0.717, 1.165) is 23.1 Å². The predicted octanol–water partition coefficient (Wildman–Crippen LogP) is 4.68. The fourth-order valence-corrected chi connectivity index (χ4v) is 3.06. The highest BCUT2D eigenvalue weighted by molar-refractivity contribution is 6.30. The second-order valence-corrected chi connectivity index (χ2v) is 5.98. The first-order valence-corrected chi connectivity index (χ1v) is 7.94. The van der Waals surface area contributed by atoms with E-state index in [1.54, 1.807) is 11.0 Å². The maximum atomic E-state index is 12.3. The Kier molecular flexibility index (Phi) is 4.68. The molecule has 0 fully saturated rings. The largest absolute Gasteiger partial charge is 0.445 e. The number of halogens is 1. The van der Waals surface area contributed by atoms with Crippen molar-refractivity contribution in [3.05, 3.63) is 76.3 Å². The van der Waals surface area contributed by atoms with Crippen LogP contribution in [0.2, 0.25) is 5.02 Å². The van der Waals surface area contributed by atoms with Gasteiger partial charge in [-0.05, 0) is 40.8 Å². The van der Waals surface area contributed by atoms with E-state index in [1.165, 1.54) is 5.56 Å². The number of rotatable bonds is 3. The summed E-state index contributed by atoms with van der Waals surface area (Å²) < 4.78 is 5.41. The van der Waals surface area contributed by atoms with Gasteiger partial charge in [0.2, 0.25) is 0 Å². The van der Waals surface area contributed by atoms with Gasteiger partial charge in [0.25, 0.3) is 0 Å². The summed E-state index contributed by atoms with van der Waals surface area (Å²) in [6.45, 7) is 5.29. The maximum Gasteiger partial charge on any atom is 0.410 e. The highest BCUT2D eigenvalue weighted by atomic mass is 35.5. The molecule has 0 radical (unpaired) electrons. The first kappa shape index (κ1) is 15.6. The summed E-state index contributed by atoms with van der Waals surface area (Å²) in [6.07, 6.45) is 2.27. The van der Waals surface area contributed by atoms with Gasteiger partial charge in [-0.15, -0.1) is 0 Å². The number of carbonyl (C=O) groups excluding carboxylic acids is 1. The minimum absolute atomic E-state index is 0.288. The molecular formula is C19H18ClNO2. The SMILES string of the molecule is C=Cc1cc(Cl)cc2c1CN(C(=O)OCc1ccccc1)CC2. The first-order chi connectivity index (χ1) is 11.2. The van der Waals surface area contributed by atoms with Crippen LogP contribution in [0.15, 0.2) is 49.0 Å². The standard InChI is InChI=1S/C19H18ClNO2/c1-2-15-10-17(20)11-16-8-9-21(12-18(15)16)19(22)23-13-14-6-4-3-5-7-14/h2-7,10-11H,1,8-9,12-13H2. The van der Waals surface area contributed by atoms with E-state index in [9.17, 15) is 4.79 Å². The Morgan fingerprint density at radius 1 is 1.30 bits per heavy atom. The summed E-state index contributed by atoms with van der Waals surface area (Å²) in [5, 5.41) is 0.707. The van der Waals surface area contributed by atoms with E-state index in [-0.39, 0.29) is 12.7 Å². The molecule has 0 spiro atoms. The minimum Gasteiger partial charge on any atom is -0.445 e. The molecule has 0 aromatic heterocycles. The second-order valence-electron chi connectivity index (χ2n) is 5.55. The molecular weight excluding hydrogens is 310 g/mol. The van der Waals surface area contributed by atoms with Crippen molar-refractivity contribution in [3.63, 3.8) is 0 Å². The maximum absolute atomic E-state index is 12.3. The number of hydrogen-bond donors (Lipinski definition) is 0. The molecule has 0 aliphatic carbocycles. The van der Waals surface area contributed by atoms with Gasteiger partial charge in [-0.2, -0.15) is 0 Å². The van der Waals surface area contributed by atoms with Crippen LogP contribution in [0, 0.1) is 0 Å². The molecule has 0 N–H and O–H groups in total. The van der Waals surface area contributed by atoms with Crippen LogP contribution in [0.25, 0.3) is 6.08 Å². The topological polar surface area (TPSA) is 29.5 Å². The van der Waals surface area contributed by atoms with E-state index in [2.05, 4.69) is 6.58 Å². The molecule has 3 nitrogen and oxygen atoms in total. The Morgan fingerprint density at radius 3 is 2.83 bits per heavy atom. The van der Waals surface area contributed by atoms with Crippen molar-refractivity contribution in [1.29, 1.82) is 0 Å². The molecule has 1 heterocycles. The van der Waals surface area contributed by atoms with Crippen molar-refractivity contribution in [2.24, 2.45) is 0 Å². The highest BCUT2D eigenvalue weighted by Gasteiger charge is 2.23. The molecule has 0 saturated carbocycles. The van der Waals surface area contributed by atoms with Crippen LogP contribution < -0.4 is 0 Å². The molecule has 2 aromatic carbocycles. The van der Waals surface area contributed by atoms with E-state index >= 15 is 0 Å². The lowest BCUT2D eigenvalue weighted by molar-refractivity contribution is 0.0918. The number of ether oxygens (including phenoxy) is 1. The molecule has 0 atom stereocenters. The Bertz CT molecular complexity index is 728. The molecule has 1 aliphatic rings.